The first kappa shape index (κ1) is 14.6. The number of hydrogen-bond donors (Lipinski definition) is 1. The van der Waals surface area contributed by atoms with Crippen LogP contribution in [-0.4, -0.2) is 11.9 Å². The molecule has 1 aliphatic heterocycles. The Morgan fingerprint density at radius 2 is 2.05 bits per heavy atom. The van der Waals surface area contributed by atoms with Gasteiger partial charge in [0.05, 0.1) is 10.9 Å². The van der Waals surface area contributed by atoms with Gasteiger partial charge >= 0.3 is 5.97 Å². The molecule has 0 spiro atoms. The molecule has 1 aliphatic rings. The molecule has 1 amide bonds. The highest BCUT2D eigenvalue weighted by Gasteiger charge is 2.32. The highest BCUT2D eigenvalue weighted by Crippen LogP contribution is 2.34. The molecule has 112 valence electrons. The molecule has 4 nitrogen and oxygen atoms in total. The number of amides is 1. The molecule has 3 rings (SSSR count). The number of nitrogens with one attached hydrogen (secondary N) is 1. The second-order valence-corrected chi connectivity index (χ2v) is 5.65. The van der Waals surface area contributed by atoms with Crippen LogP contribution in [0.25, 0.3) is 0 Å². The Bertz CT molecular complexity index is 757. The highest BCUT2D eigenvalue weighted by molar-refractivity contribution is 6.32. The molecule has 0 aromatic heterocycles. The molecule has 1 unspecified atom stereocenters. The number of halogens is 1. The van der Waals surface area contributed by atoms with Crippen molar-refractivity contribution in [2.75, 3.05) is 5.32 Å². The lowest BCUT2D eigenvalue weighted by molar-refractivity contribution is -0.138. The third kappa shape index (κ3) is 2.83. The average molecular weight is 316 g/mol. The van der Waals surface area contributed by atoms with E-state index in [1.807, 2.05) is 31.2 Å². The summed E-state index contributed by atoms with van der Waals surface area (Å²) in [6.07, 6.45) is 0.0687. The number of benzene rings is 2. The summed E-state index contributed by atoms with van der Waals surface area (Å²) in [6, 6.07) is 12.4. The van der Waals surface area contributed by atoms with Gasteiger partial charge in [0, 0.05) is 12.1 Å². The van der Waals surface area contributed by atoms with E-state index in [4.69, 9.17) is 16.3 Å². The summed E-state index contributed by atoms with van der Waals surface area (Å²) in [4.78, 5) is 24.2. The Hall–Kier alpha value is -2.33. The van der Waals surface area contributed by atoms with E-state index in [-0.39, 0.29) is 12.3 Å². The summed E-state index contributed by atoms with van der Waals surface area (Å²) in [7, 11) is 0. The molecule has 0 radical (unpaired) electrons. The Morgan fingerprint density at radius 3 is 2.86 bits per heavy atom. The molecule has 2 aromatic carbocycles. The molecule has 0 saturated carbocycles. The van der Waals surface area contributed by atoms with Crippen molar-refractivity contribution in [1.29, 1.82) is 0 Å². The van der Waals surface area contributed by atoms with Crippen LogP contribution >= 0.6 is 11.6 Å². The second kappa shape index (κ2) is 5.81. The summed E-state index contributed by atoms with van der Waals surface area (Å²) in [5, 5.41) is 3.12. The molecule has 2 aromatic rings. The first-order valence-electron chi connectivity index (χ1n) is 6.91. The van der Waals surface area contributed by atoms with Gasteiger partial charge in [-0.25, -0.2) is 0 Å². The van der Waals surface area contributed by atoms with E-state index >= 15 is 0 Å². The topological polar surface area (TPSA) is 55.4 Å². The first-order chi connectivity index (χ1) is 10.5. The van der Waals surface area contributed by atoms with E-state index in [2.05, 4.69) is 5.32 Å². The number of rotatable bonds is 2. The smallest absolute Gasteiger partial charge is 0.319 e. The third-order valence-corrected chi connectivity index (χ3v) is 3.89. The molecule has 1 atom stereocenters. The van der Waals surface area contributed by atoms with Gasteiger partial charge in [0.15, 0.2) is 0 Å². The van der Waals surface area contributed by atoms with Crippen LogP contribution in [0.1, 0.15) is 23.5 Å². The number of fused-ring (bicyclic) bond motifs is 1. The van der Waals surface area contributed by atoms with Gasteiger partial charge < -0.3 is 10.1 Å². The zero-order chi connectivity index (χ0) is 15.7. The summed E-state index contributed by atoms with van der Waals surface area (Å²) in [6.45, 7) is 1.89. The van der Waals surface area contributed by atoms with Gasteiger partial charge in [0.2, 0.25) is 5.91 Å². The average Bonchev–Trinajstić information content (AvgIpc) is 2.50. The molecule has 0 bridgehead atoms. The zero-order valence-corrected chi connectivity index (χ0v) is 12.7. The number of carbonyl (C=O) groups is 2. The van der Waals surface area contributed by atoms with Gasteiger partial charge in [-0.05, 0) is 36.2 Å². The fourth-order valence-electron chi connectivity index (χ4n) is 2.49. The van der Waals surface area contributed by atoms with Crippen LogP contribution in [-0.2, 0) is 9.59 Å². The molecule has 5 heteroatoms. The lowest BCUT2D eigenvalue weighted by Gasteiger charge is -2.24. The summed E-state index contributed by atoms with van der Waals surface area (Å²) in [5.74, 6) is -0.984. The van der Waals surface area contributed by atoms with E-state index in [9.17, 15) is 9.59 Å². The van der Waals surface area contributed by atoms with E-state index < -0.39 is 11.9 Å². The number of esters is 1. The van der Waals surface area contributed by atoms with Gasteiger partial charge in [-0.1, -0.05) is 35.9 Å². The highest BCUT2D eigenvalue weighted by atomic mass is 35.5. The molecule has 0 fully saturated rings. The standard InChI is InChI=1S/C17H14ClNO3/c1-10-6-7-13(18)15(8-10)22-17(21)12-9-16(20)19-14-5-3-2-4-11(12)14/h2-8,12H,9H2,1H3,(H,19,20). The minimum atomic E-state index is -0.624. The second-order valence-electron chi connectivity index (χ2n) is 5.25. The van der Waals surface area contributed by atoms with Crippen molar-refractivity contribution in [3.05, 3.63) is 58.6 Å². The number of anilines is 1. The van der Waals surface area contributed by atoms with Crippen LogP contribution in [0.3, 0.4) is 0 Å². The lowest BCUT2D eigenvalue weighted by atomic mass is 9.91. The van der Waals surface area contributed by atoms with Crippen LogP contribution in [0.5, 0.6) is 5.75 Å². The Kier molecular flexibility index (Phi) is 3.86. The maximum Gasteiger partial charge on any atom is 0.319 e. The molecule has 1 heterocycles. The van der Waals surface area contributed by atoms with Crippen molar-refractivity contribution < 1.29 is 14.3 Å². The molecule has 0 aliphatic carbocycles. The molecule has 0 saturated heterocycles. The monoisotopic (exact) mass is 315 g/mol. The van der Waals surface area contributed by atoms with Crippen LogP contribution in [0.4, 0.5) is 5.69 Å². The summed E-state index contributed by atoms with van der Waals surface area (Å²) in [5.41, 5.74) is 2.35. The van der Waals surface area contributed by atoms with Crippen molar-refractivity contribution in [2.45, 2.75) is 19.3 Å². The van der Waals surface area contributed by atoms with Crippen LogP contribution < -0.4 is 10.1 Å². The van der Waals surface area contributed by atoms with Gasteiger partial charge in [0.1, 0.15) is 5.75 Å². The molecule has 22 heavy (non-hydrogen) atoms. The number of carbonyl (C=O) groups excluding carboxylic acids is 2. The van der Waals surface area contributed by atoms with Crippen molar-refractivity contribution in [2.24, 2.45) is 0 Å². The van der Waals surface area contributed by atoms with E-state index in [0.717, 1.165) is 11.1 Å². The number of aryl methyl sites for hydroxylation is 1. The quantitative estimate of drug-likeness (QED) is 0.679. The Labute approximate surface area is 133 Å². The Balaban J connectivity index is 1.89. The zero-order valence-electron chi connectivity index (χ0n) is 11.9. The van der Waals surface area contributed by atoms with E-state index in [1.54, 1.807) is 18.2 Å². The lowest BCUT2D eigenvalue weighted by Crippen LogP contribution is -2.29. The fourth-order valence-corrected chi connectivity index (χ4v) is 2.65. The van der Waals surface area contributed by atoms with E-state index in [1.165, 1.54) is 0 Å². The van der Waals surface area contributed by atoms with E-state index in [0.29, 0.717) is 16.5 Å². The van der Waals surface area contributed by atoms with Crippen LogP contribution in [0.2, 0.25) is 5.02 Å². The predicted octanol–water partition coefficient (Wildman–Crippen LogP) is 3.68. The maximum atomic E-state index is 12.5. The molecule has 1 N–H and O–H groups in total. The number of para-hydroxylation sites is 1. The van der Waals surface area contributed by atoms with Crippen molar-refractivity contribution in [1.82, 2.24) is 0 Å². The largest absolute Gasteiger partial charge is 0.424 e. The van der Waals surface area contributed by atoms with Crippen molar-refractivity contribution >= 4 is 29.2 Å². The van der Waals surface area contributed by atoms with Crippen molar-refractivity contribution in [3.63, 3.8) is 0 Å². The minimum Gasteiger partial charge on any atom is -0.424 e. The fraction of sp³-hybridized carbons (Fsp3) is 0.176. The van der Waals surface area contributed by atoms with Crippen LogP contribution in [0.15, 0.2) is 42.5 Å². The number of hydrogen-bond acceptors (Lipinski definition) is 3. The number of ether oxygens (including phenoxy) is 1. The van der Waals surface area contributed by atoms with Gasteiger partial charge in [0.25, 0.3) is 0 Å². The van der Waals surface area contributed by atoms with Gasteiger partial charge in [-0.15, -0.1) is 0 Å². The third-order valence-electron chi connectivity index (χ3n) is 3.58. The normalized spacial score (nSPS) is 16.6. The Morgan fingerprint density at radius 1 is 1.27 bits per heavy atom. The van der Waals surface area contributed by atoms with Crippen LogP contribution in [0, 0.1) is 6.92 Å². The van der Waals surface area contributed by atoms with Gasteiger partial charge in [-0.2, -0.15) is 0 Å². The van der Waals surface area contributed by atoms with Gasteiger partial charge in [-0.3, -0.25) is 9.59 Å². The van der Waals surface area contributed by atoms with Crippen molar-refractivity contribution in [3.8, 4) is 5.75 Å². The predicted molar refractivity (Wildman–Crippen MR) is 84.3 cm³/mol. The SMILES string of the molecule is Cc1ccc(Cl)c(OC(=O)C2CC(=O)Nc3ccccc32)c1. The first-order valence-corrected chi connectivity index (χ1v) is 7.29. The maximum absolute atomic E-state index is 12.5. The minimum absolute atomic E-state index is 0.0687. The summed E-state index contributed by atoms with van der Waals surface area (Å²) < 4.78 is 5.42. The molecular formula is C17H14ClNO3. The summed E-state index contributed by atoms with van der Waals surface area (Å²) >= 11 is 6.05. The molecular weight excluding hydrogens is 302 g/mol.